The van der Waals surface area contributed by atoms with Crippen molar-refractivity contribution in [3.63, 3.8) is 0 Å². The van der Waals surface area contributed by atoms with E-state index in [2.05, 4.69) is 22.1 Å². The fourth-order valence-electron chi connectivity index (χ4n) is 2.52. The van der Waals surface area contributed by atoms with E-state index in [1.54, 1.807) is 0 Å². The fraction of sp³-hybridized carbons (Fsp3) is 0.467. The predicted molar refractivity (Wildman–Crippen MR) is 77.8 cm³/mol. The molecule has 6 nitrogen and oxygen atoms in total. The molecule has 1 saturated heterocycles. The Morgan fingerprint density at radius 3 is 2.90 bits per heavy atom. The van der Waals surface area contributed by atoms with Crippen LogP contribution < -0.4 is 5.73 Å². The normalized spacial score (nSPS) is 21.3. The highest BCUT2D eigenvalue weighted by Crippen LogP contribution is 2.25. The van der Waals surface area contributed by atoms with Crippen LogP contribution in [0.5, 0.6) is 0 Å². The van der Waals surface area contributed by atoms with Crippen molar-refractivity contribution in [2.24, 2.45) is 5.73 Å². The van der Waals surface area contributed by atoms with Crippen molar-refractivity contribution in [1.29, 1.82) is 0 Å². The van der Waals surface area contributed by atoms with Crippen molar-refractivity contribution < 1.29 is 9.26 Å². The minimum atomic E-state index is -0.129. The van der Waals surface area contributed by atoms with Crippen LogP contribution in [0.3, 0.4) is 0 Å². The Balaban J connectivity index is 1.80. The molecule has 0 aliphatic carbocycles. The second kappa shape index (κ2) is 6.34. The third kappa shape index (κ3) is 3.12. The number of morpholine rings is 1. The smallest absolute Gasteiger partial charge is 0.235 e. The second-order valence-electron chi connectivity index (χ2n) is 5.31. The first kappa shape index (κ1) is 14.2. The van der Waals surface area contributed by atoms with Gasteiger partial charge in [0.1, 0.15) is 6.10 Å². The van der Waals surface area contributed by atoms with Gasteiger partial charge in [0, 0.05) is 19.6 Å². The molecule has 2 aromatic rings. The topological polar surface area (TPSA) is 77.4 Å². The zero-order valence-corrected chi connectivity index (χ0v) is 12.1. The van der Waals surface area contributed by atoms with Gasteiger partial charge in [-0.25, -0.2) is 0 Å². The van der Waals surface area contributed by atoms with E-state index < -0.39 is 0 Å². The maximum absolute atomic E-state index is 5.88. The van der Waals surface area contributed by atoms with Gasteiger partial charge in [-0.1, -0.05) is 35.5 Å². The number of rotatable bonds is 4. The first-order valence-corrected chi connectivity index (χ1v) is 7.16. The lowest BCUT2D eigenvalue weighted by Crippen LogP contribution is -2.35. The second-order valence-corrected chi connectivity index (χ2v) is 5.31. The van der Waals surface area contributed by atoms with Gasteiger partial charge in [0.25, 0.3) is 0 Å². The summed E-state index contributed by atoms with van der Waals surface area (Å²) in [6, 6.07) is 9.98. The minimum Gasteiger partial charge on any atom is -0.367 e. The van der Waals surface area contributed by atoms with Crippen LogP contribution in [0.4, 0.5) is 0 Å². The maximum Gasteiger partial charge on any atom is 0.235 e. The van der Waals surface area contributed by atoms with Crippen LogP contribution in [0.2, 0.25) is 0 Å². The SMILES string of the molecule is CN1CCOC(c2noc(C(CN)c3ccccc3)n2)C1. The summed E-state index contributed by atoms with van der Waals surface area (Å²) in [4.78, 5) is 6.70. The molecule has 1 aromatic heterocycles. The van der Waals surface area contributed by atoms with E-state index in [0.717, 1.165) is 18.7 Å². The molecule has 1 fully saturated rings. The average molecular weight is 288 g/mol. The Hall–Kier alpha value is -1.76. The monoisotopic (exact) mass is 288 g/mol. The van der Waals surface area contributed by atoms with Gasteiger partial charge >= 0.3 is 0 Å². The molecule has 0 bridgehead atoms. The lowest BCUT2D eigenvalue weighted by Gasteiger charge is -2.27. The number of nitrogens with two attached hydrogens (primary N) is 1. The van der Waals surface area contributed by atoms with Gasteiger partial charge in [0.2, 0.25) is 11.7 Å². The number of hydrogen-bond acceptors (Lipinski definition) is 6. The van der Waals surface area contributed by atoms with Crippen LogP contribution in [0.15, 0.2) is 34.9 Å². The fourth-order valence-corrected chi connectivity index (χ4v) is 2.52. The molecule has 1 aliphatic rings. The molecule has 6 heteroatoms. The van der Waals surface area contributed by atoms with Crippen molar-refractivity contribution in [2.75, 3.05) is 33.3 Å². The van der Waals surface area contributed by atoms with Gasteiger partial charge < -0.3 is 19.9 Å². The Bertz CT molecular complexity index is 572. The minimum absolute atomic E-state index is 0.0752. The summed E-state index contributed by atoms with van der Waals surface area (Å²) < 4.78 is 11.1. The van der Waals surface area contributed by atoms with Crippen molar-refractivity contribution in [3.05, 3.63) is 47.6 Å². The third-order valence-electron chi connectivity index (χ3n) is 3.75. The summed E-state index contributed by atoms with van der Waals surface area (Å²) >= 11 is 0. The molecule has 1 aromatic carbocycles. The summed E-state index contributed by atoms with van der Waals surface area (Å²) in [6.45, 7) is 2.81. The molecule has 0 amide bonds. The number of nitrogens with zero attached hydrogens (tertiary/aromatic N) is 3. The summed E-state index contributed by atoms with van der Waals surface area (Å²) in [5, 5.41) is 4.08. The zero-order chi connectivity index (χ0) is 14.7. The average Bonchev–Trinajstić information content (AvgIpc) is 2.99. The number of ether oxygens (including phenoxy) is 1. The van der Waals surface area contributed by atoms with Crippen molar-refractivity contribution in [2.45, 2.75) is 12.0 Å². The van der Waals surface area contributed by atoms with Crippen molar-refractivity contribution >= 4 is 0 Å². The quantitative estimate of drug-likeness (QED) is 0.910. The van der Waals surface area contributed by atoms with Crippen LogP contribution in [0.1, 0.15) is 29.3 Å². The highest BCUT2D eigenvalue weighted by molar-refractivity contribution is 5.25. The first-order chi connectivity index (χ1) is 10.3. The number of likely N-dealkylation sites (N-methyl/N-ethyl adjacent to an activating group) is 1. The molecule has 2 atom stereocenters. The highest BCUT2D eigenvalue weighted by Gasteiger charge is 2.26. The van der Waals surface area contributed by atoms with Gasteiger partial charge in [-0.3, -0.25) is 0 Å². The highest BCUT2D eigenvalue weighted by atomic mass is 16.5. The Labute approximate surface area is 123 Å². The van der Waals surface area contributed by atoms with E-state index in [-0.39, 0.29) is 12.0 Å². The molecule has 0 radical (unpaired) electrons. The number of hydrogen-bond donors (Lipinski definition) is 1. The van der Waals surface area contributed by atoms with Gasteiger partial charge in [-0.2, -0.15) is 4.98 Å². The van der Waals surface area contributed by atoms with E-state index >= 15 is 0 Å². The standard InChI is InChI=1S/C15H20N4O2/c1-19-7-8-20-13(10-19)14-17-15(21-18-14)12(9-16)11-5-3-2-4-6-11/h2-6,12-13H,7-10,16H2,1H3. The molecule has 21 heavy (non-hydrogen) atoms. The molecular weight excluding hydrogens is 268 g/mol. The molecule has 1 aliphatic heterocycles. The van der Waals surface area contributed by atoms with E-state index in [1.165, 1.54) is 0 Å². The molecule has 2 unspecified atom stereocenters. The van der Waals surface area contributed by atoms with Crippen LogP contribution in [0, 0.1) is 0 Å². The maximum atomic E-state index is 5.88. The predicted octanol–water partition coefficient (Wildman–Crippen LogP) is 1.16. The third-order valence-corrected chi connectivity index (χ3v) is 3.75. The molecule has 2 N–H and O–H groups in total. The van der Waals surface area contributed by atoms with E-state index in [0.29, 0.717) is 24.9 Å². The van der Waals surface area contributed by atoms with Crippen LogP contribution in [0.25, 0.3) is 0 Å². The molecule has 3 rings (SSSR count). The van der Waals surface area contributed by atoms with Crippen LogP contribution in [-0.4, -0.2) is 48.3 Å². The van der Waals surface area contributed by atoms with Gasteiger partial charge in [-0.05, 0) is 12.6 Å². The van der Waals surface area contributed by atoms with Gasteiger partial charge in [0.15, 0.2) is 0 Å². The lowest BCUT2D eigenvalue weighted by molar-refractivity contribution is -0.0264. The van der Waals surface area contributed by atoms with Crippen LogP contribution >= 0.6 is 0 Å². The summed E-state index contributed by atoms with van der Waals surface area (Å²) in [6.07, 6.45) is -0.129. The summed E-state index contributed by atoms with van der Waals surface area (Å²) in [5.74, 6) is 1.08. The zero-order valence-electron chi connectivity index (χ0n) is 12.1. The molecule has 112 valence electrons. The Morgan fingerprint density at radius 1 is 1.38 bits per heavy atom. The Kier molecular flexibility index (Phi) is 4.28. The molecule has 0 saturated carbocycles. The van der Waals surface area contributed by atoms with Crippen molar-refractivity contribution in [3.8, 4) is 0 Å². The number of benzene rings is 1. The lowest BCUT2D eigenvalue weighted by atomic mass is 9.99. The van der Waals surface area contributed by atoms with Gasteiger partial charge in [0.05, 0.1) is 12.5 Å². The molecular formula is C15H20N4O2. The summed E-state index contributed by atoms with van der Waals surface area (Å²) in [5.41, 5.74) is 6.96. The van der Waals surface area contributed by atoms with Crippen molar-refractivity contribution in [1.82, 2.24) is 15.0 Å². The van der Waals surface area contributed by atoms with E-state index in [4.69, 9.17) is 15.0 Å². The van der Waals surface area contributed by atoms with E-state index in [1.807, 2.05) is 30.3 Å². The largest absolute Gasteiger partial charge is 0.367 e. The number of aromatic nitrogens is 2. The summed E-state index contributed by atoms with van der Waals surface area (Å²) in [7, 11) is 2.06. The van der Waals surface area contributed by atoms with E-state index in [9.17, 15) is 0 Å². The molecule has 0 spiro atoms. The van der Waals surface area contributed by atoms with Crippen LogP contribution in [-0.2, 0) is 4.74 Å². The Morgan fingerprint density at radius 2 is 2.19 bits per heavy atom. The first-order valence-electron chi connectivity index (χ1n) is 7.16. The molecule has 2 heterocycles. The van der Waals surface area contributed by atoms with Gasteiger partial charge in [-0.15, -0.1) is 0 Å².